The quantitative estimate of drug-likeness (QED) is 0.178. The van der Waals surface area contributed by atoms with Crippen LogP contribution in [0.1, 0.15) is 80.6 Å². The molecule has 5 nitrogen and oxygen atoms in total. The molecule has 9 aromatic rings. The molecule has 1 N–H and O–H groups in total. The molecule has 0 saturated heterocycles. The molecule has 6 aromatic carbocycles. The second-order valence-corrected chi connectivity index (χ2v) is 18.7. The number of aromatic nitrogens is 2. The number of phenolic OH excluding ortho intramolecular Hbond substituents is 1. The van der Waals surface area contributed by atoms with Gasteiger partial charge in [0.15, 0.2) is 0 Å². The molecular weight excluding hydrogens is 942 g/mol. The Hall–Kier alpha value is -6.29. The summed E-state index contributed by atoms with van der Waals surface area (Å²) in [5, 5.41) is 14.1. The van der Waals surface area contributed by atoms with Gasteiger partial charge in [-0.15, -0.1) is 29.8 Å². The van der Waals surface area contributed by atoms with Crippen LogP contribution >= 0.6 is 0 Å². The molecule has 3 aromatic heterocycles. The first kappa shape index (κ1) is 39.8. The van der Waals surface area contributed by atoms with Gasteiger partial charge >= 0.3 is 0 Å². The van der Waals surface area contributed by atoms with Crippen molar-refractivity contribution in [3.8, 4) is 39.4 Å². The van der Waals surface area contributed by atoms with E-state index in [-0.39, 0.29) is 37.6 Å². The molecule has 0 atom stereocenters. The van der Waals surface area contributed by atoms with Gasteiger partial charge in [-0.1, -0.05) is 133 Å². The zero-order valence-electron chi connectivity index (χ0n) is 35.9. The first-order valence-electron chi connectivity index (χ1n) is 21.1. The van der Waals surface area contributed by atoms with E-state index in [1.54, 1.807) is 6.07 Å². The Morgan fingerprint density at radius 1 is 0.613 bits per heavy atom. The molecule has 0 radical (unpaired) electrons. The molecule has 0 saturated carbocycles. The SMILES string of the molecule is Cc1cccc(-c2[c-]c(N(c3ccc4c(n3)-c3c(O)cccc3C43c4cc(C(C)(C)C)ccc4-c4ccc(C(C)(C)C)cc43)c3cccc4oc5ccccc5c34)ccc2)n1.[Pt]. The van der Waals surface area contributed by atoms with Crippen molar-refractivity contribution in [1.82, 2.24) is 9.97 Å². The van der Waals surface area contributed by atoms with Gasteiger partial charge in [0.1, 0.15) is 22.7 Å². The Bertz CT molecular complexity index is 3210. The molecule has 0 bridgehead atoms. The Morgan fingerprint density at radius 2 is 1.27 bits per heavy atom. The molecule has 0 fully saturated rings. The minimum absolute atomic E-state index is 0. The molecule has 2 aliphatic rings. The average Bonchev–Trinajstić information content (AvgIpc) is 3.87. The zero-order chi connectivity index (χ0) is 42.0. The Morgan fingerprint density at radius 3 is 1.98 bits per heavy atom. The van der Waals surface area contributed by atoms with E-state index < -0.39 is 5.41 Å². The number of furan rings is 1. The summed E-state index contributed by atoms with van der Waals surface area (Å²) < 4.78 is 6.45. The second-order valence-electron chi connectivity index (χ2n) is 18.7. The fourth-order valence-electron chi connectivity index (χ4n) is 9.90. The molecule has 2 aliphatic carbocycles. The summed E-state index contributed by atoms with van der Waals surface area (Å²) in [5.41, 5.74) is 16.1. The summed E-state index contributed by atoms with van der Waals surface area (Å²) in [7, 11) is 0. The van der Waals surface area contributed by atoms with E-state index in [1.807, 2.05) is 55.5 Å². The van der Waals surface area contributed by atoms with Crippen molar-refractivity contribution < 1.29 is 30.6 Å². The third-order valence-corrected chi connectivity index (χ3v) is 12.9. The predicted octanol–water partition coefficient (Wildman–Crippen LogP) is 14.3. The van der Waals surface area contributed by atoms with Crippen LogP contribution in [-0.4, -0.2) is 15.1 Å². The van der Waals surface area contributed by atoms with Gasteiger partial charge in [-0.25, -0.2) is 4.98 Å². The summed E-state index contributed by atoms with van der Waals surface area (Å²) in [6.45, 7) is 15.7. The van der Waals surface area contributed by atoms with Crippen molar-refractivity contribution in [1.29, 1.82) is 0 Å². The van der Waals surface area contributed by atoms with Crippen molar-refractivity contribution in [3.05, 3.63) is 191 Å². The molecule has 0 aliphatic heterocycles. The summed E-state index contributed by atoms with van der Waals surface area (Å²) in [5.74, 6) is 0.904. The number of pyridine rings is 2. The van der Waals surface area contributed by atoms with E-state index >= 15 is 0 Å². The molecule has 62 heavy (non-hydrogen) atoms. The van der Waals surface area contributed by atoms with Crippen LogP contribution in [0.2, 0.25) is 0 Å². The largest absolute Gasteiger partial charge is 0.507 e. The van der Waals surface area contributed by atoms with Gasteiger partial charge in [0.2, 0.25) is 0 Å². The summed E-state index contributed by atoms with van der Waals surface area (Å²) >= 11 is 0. The Labute approximate surface area is 377 Å². The standard InChI is InChI=1S/C56H46N3O2.Pt/c1-33-14-10-19-45(57-33)34-15-11-16-37(30-34)59(46-20-13-23-49-51(46)40-17-8-9-22-48(40)61-49)50-29-28-42-53(58-50)52-41(18-12-21-47(52)60)56(42)43-31-35(54(2,3)4)24-26-38(43)39-27-25-36(32-44(39)56)55(5,6)7;/h8-29,31-32,60H,1-7H3;/q-1;. The van der Waals surface area contributed by atoms with Gasteiger partial charge in [0.25, 0.3) is 0 Å². The van der Waals surface area contributed by atoms with Gasteiger partial charge in [-0.2, -0.15) is 0 Å². The zero-order valence-corrected chi connectivity index (χ0v) is 38.1. The van der Waals surface area contributed by atoms with Crippen LogP contribution in [-0.2, 0) is 37.3 Å². The van der Waals surface area contributed by atoms with Crippen molar-refractivity contribution in [3.63, 3.8) is 0 Å². The number of anilines is 3. The molecule has 0 amide bonds. The number of rotatable bonds is 4. The topological polar surface area (TPSA) is 62.4 Å². The molecule has 0 unspecified atom stereocenters. The van der Waals surface area contributed by atoms with Crippen LogP contribution in [0.3, 0.4) is 0 Å². The van der Waals surface area contributed by atoms with Crippen LogP contribution in [0.15, 0.2) is 150 Å². The molecular formula is C56H46N3O2Pt-. The van der Waals surface area contributed by atoms with Crippen LogP contribution < -0.4 is 4.90 Å². The van der Waals surface area contributed by atoms with Gasteiger partial charge in [-0.05, 0) is 110 Å². The second kappa shape index (κ2) is 14.1. The molecule has 3 heterocycles. The van der Waals surface area contributed by atoms with Crippen LogP contribution in [0.4, 0.5) is 17.2 Å². The summed E-state index contributed by atoms with van der Waals surface area (Å²) in [4.78, 5) is 12.7. The van der Waals surface area contributed by atoms with E-state index in [1.165, 1.54) is 33.4 Å². The fraction of sp³-hybridized carbons (Fsp3) is 0.179. The van der Waals surface area contributed by atoms with E-state index in [9.17, 15) is 5.11 Å². The van der Waals surface area contributed by atoms with E-state index in [4.69, 9.17) is 14.4 Å². The maximum absolute atomic E-state index is 12.1. The monoisotopic (exact) mass is 987 g/mol. The normalized spacial score (nSPS) is 13.5. The van der Waals surface area contributed by atoms with E-state index in [0.29, 0.717) is 5.82 Å². The average molecular weight is 988 g/mol. The van der Waals surface area contributed by atoms with Crippen molar-refractivity contribution in [2.45, 2.75) is 64.7 Å². The molecule has 1 spiro atoms. The summed E-state index contributed by atoms with van der Waals surface area (Å²) in [6, 6.07) is 54.8. The number of para-hydroxylation sites is 1. The first-order valence-corrected chi connectivity index (χ1v) is 21.1. The number of hydrogen-bond donors (Lipinski definition) is 1. The maximum atomic E-state index is 12.1. The summed E-state index contributed by atoms with van der Waals surface area (Å²) in [6.07, 6.45) is 0. The minimum Gasteiger partial charge on any atom is -0.507 e. The smallest absolute Gasteiger partial charge is 0.137 e. The molecule has 308 valence electrons. The fourth-order valence-corrected chi connectivity index (χ4v) is 9.90. The Balaban J connectivity index is 0.00000458. The number of aromatic hydroxyl groups is 1. The van der Waals surface area contributed by atoms with Gasteiger partial charge in [0, 0.05) is 37.7 Å². The predicted molar refractivity (Wildman–Crippen MR) is 248 cm³/mol. The third-order valence-electron chi connectivity index (χ3n) is 12.9. The number of benzene rings is 6. The third kappa shape index (κ3) is 5.85. The number of phenols is 1. The maximum Gasteiger partial charge on any atom is 0.137 e. The van der Waals surface area contributed by atoms with Gasteiger partial charge < -0.3 is 19.4 Å². The molecule has 11 rings (SSSR count). The number of hydrogen-bond acceptors (Lipinski definition) is 5. The minimum atomic E-state index is -0.712. The van der Waals surface area contributed by atoms with Crippen LogP contribution in [0, 0.1) is 13.0 Å². The molecule has 6 heteroatoms. The Kier molecular flexibility index (Phi) is 9.07. The van der Waals surface area contributed by atoms with Crippen molar-refractivity contribution in [2.24, 2.45) is 0 Å². The van der Waals surface area contributed by atoms with Crippen molar-refractivity contribution >= 4 is 39.1 Å². The first-order chi connectivity index (χ1) is 29.3. The number of aryl methyl sites for hydroxylation is 1. The van der Waals surface area contributed by atoms with Crippen LogP contribution in [0.25, 0.3) is 55.6 Å². The van der Waals surface area contributed by atoms with Crippen LogP contribution in [0.5, 0.6) is 5.75 Å². The number of fused-ring (bicyclic) bond motifs is 13. The van der Waals surface area contributed by atoms with Crippen molar-refractivity contribution in [2.75, 3.05) is 4.90 Å². The van der Waals surface area contributed by atoms with E-state index in [2.05, 4.69) is 144 Å². The van der Waals surface area contributed by atoms with E-state index in [0.717, 1.165) is 72.6 Å². The van der Waals surface area contributed by atoms with Gasteiger partial charge in [-0.3, -0.25) is 0 Å². The number of nitrogens with zero attached hydrogens (tertiary/aromatic N) is 3. The van der Waals surface area contributed by atoms with Gasteiger partial charge in [0.05, 0.1) is 22.2 Å².